The molecule has 1 aliphatic heterocycles. The van der Waals surface area contributed by atoms with Gasteiger partial charge in [0, 0.05) is 18.8 Å². The molecule has 0 aliphatic carbocycles. The van der Waals surface area contributed by atoms with Gasteiger partial charge >= 0.3 is 0 Å². The van der Waals surface area contributed by atoms with Gasteiger partial charge in [-0.3, -0.25) is 4.98 Å². The van der Waals surface area contributed by atoms with Gasteiger partial charge in [-0.25, -0.2) is 14.8 Å². The number of nitrogens with zero attached hydrogens (tertiary/aromatic N) is 5. The number of pyridine rings is 1. The minimum Gasteiger partial charge on any atom is -0.378 e. The Morgan fingerprint density at radius 2 is 2.00 bits per heavy atom. The van der Waals surface area contributed by atoms with E-state index in [-0.39, 0.29) is 11.8 Å². The monoisotopic (exact) mass is 478 g/mol. The first-order valence-corrected chi connectivity index (χ1v) is 11.7. The average Bonchev–Trinajstić information content (AvgIpc) is 2.90. The maximum Gasteiger partial charge on any atom is 0.245 e. The van der Waals surface area contributed by atoms with Crippen LogP contribution >= 0.6 is 0 Å². The molecule has 9 nitrogen and oxygen atoms in total. The summed E-state index contributed by atoms with van der Waals surface area (Å²) in [5.41, 5.74) is 6.61. The Balaban J connectivity index is 1.34. The van der Waals surface area contributed by atoms with E-state index in [1.54, 1.807) is 12.4 Å². The number of hydrogen-bond acceptors (Lipinski definition) is 9. The van der Waals surface area contributed by atoms with E-state index in [9.17, 15) is 4.39 Å². The zero-order valence-electron chi connectivity index (χ0n) is 20.0. The molecule has 3 aromatic rings. The molecule has 2 aromatic heterocycles. The third-order valence-corrected chi connectivity index (χ3v) is 5.76. The van der Waals surface area contributed by atoms with E-state index in [1.165, 1.54) is 5.56 Å². The summed E-state index contributed by atoms with van der Waals surface area (Å²) in [7, 11) is 1.97. The molecule has 1 atom stereocenters. The van der Waals surface area contributed by atoms with E-state index in [2.05, 4.69) is 61.2 Å². The number of halogens is 1. The number of benzene rings is 1. The third-order valence-electron chi connectivity index (χ3n) is 5.76. The number of anilines is 4. The van der Waals surface area contributed by atoms with Crippen LogP contribution in [0.15, 0.2) is 53.9 Å². The highest BCUT2D eigenvalue weighted by atomic mass is 19.1. The molecule has 0 spiro atoms. The maximum absolute atomic E-state index is 14.2. The van der Waals surface area contributed by atoms with Crippen LogP contribution in [-0.2, 0) is 4.74 Å². The van der Waals surface area contributed by atoms with E-state index in [4.69, 9.17) is 4.74 Å². The Morgan fingerprint density at radius 1 is 1.14 bits per heavy atom. The molecule has 0 amide bonds. The SMILES string of the molecule is CNCCC(C)c1cccc(Nc2ccc(/C=N/Nc3ncc(F)c(N4CCOCC4)n3)nc2)c1. The lowest BCUT2D eigenvalue weighted by Gasteiger charge is -2.27. The zero-order valence-corrected chi connectivity index (χ0v) is 20.0. The lowest BCUT2D eigenvalue weighted by molar-refractivity contribution is 0.122. The van der Waals surface area contributed by atoms with Crippen molar-refractivity contribution in [3.63, 3.8) is 0 Å². The molecule has 184 valence electrons. The Labute approximate surface area is 204 Å². The van der Waals surface area contributed by atoms with Crippen molar-refractivity contribution in [1.29, 1.82) is 0 Å². The van der Waals surface area contributed by atoms with Gasteiger partial charge in [-0.15, -0.1) is 0 Å². The van der Waals surface area contributed by atoms with Crippen LogP contribution in [0.25, 0.3) is 0 Å². The van der Waals surface area contributed by atoms with Crippen molar-refractivity contribution in [3.8, 4) is 0 Å². The molecule has 10 heteroatoms. The van der Waals surface area contributed by atoms with Gasteiger partial charge in [0.1, 0.15) is 0 Å². The fourth-order valence-corrected chi connectivity index (χ4v) is 3.74. The van der Waals surface area contributed by atoms with E-state index in [1.807, 2.05) is 30.1 Å². The van der Waals surface area contributed by atoms with E-state index in [0.29, 0.717) is 37.9 Å². The Kier molecular flexibility index (Phi) is 8.53. The summed E-state index contributed by atoms with van der Waals surface area (Å²) < 4.78 is 19.5. The predicted molar refractivity (Wildman–Crippen MR) is 137 cm³/mol. The van der Waals surface area contributed by atoms with Crippen molar-refractivity contribution in [2.75, 3.05) is 55.5 Å². The van der Waals surface area contributed by atoms with Crippen LogP contribution in [0.2, 0.25) is 0 Å². The fourth-order valence-electron chi connectivity index (χ4n) is 3.74. The van der Waals surface area contributed by atoms with Gasteiger partial charge in [-0.05, 0) is 55.8 Å². The number of nitrogens with one attached hydrogen (secondary N) is 3. The van der Waals surface area contributed by atoms with Crippen molar-refractivity contribution >= 4 is 29.4 Å². The molecule has 0 radical (unpaired) electrons. The molecule has 3 heterocycles. The second-order valence-electron chi connectivity index (χ2n) is 8.35. The molecular formula is C25H31FN8O. The number of ether oxygens (including phenoxy) is 1. The van der Waals surface area contributed by atoms with Crippen LogP contribution in [0.1, 0.15) is 30.5 Å². The van der Waals surface area contributed by atoms with Gasteiger partial charge in [0.2, 0.25) is 5.95 Å². The highest BCUT2D eigenvalue weighted by Crippen LogP contribution is 2.24. The topological polar surface area (TPSA) is 99.6 Å². The molecule has 35 heavy (non-hydrogen) atoms. The maximum atomic E-state index is 14.2. The summed E-state index contributed by atoms with van der Waals surface area (Å²) in [4.78, 5) is 14.5. The van der Waals surface area contributed by atoms with Crippen LogP contribution in [-0.4, -0.2) is 61.1 Å². The number of aromatic nitrogens is 3. The second kappa shape index (κ2) is 12.2. The second-order valence-corrected chi connectivity index (χ2v) is 8.35. The zero-order chi connectivity index (χ0) is 24.5. The Hall–Kier alpha value is -3.63. The number of morpholine rings is 1. The molecule has 0 saturated carbocycles. The van der Waals surface area contributed by atoms with Crippen molar-refractivity contribution in [3.05, 3.63) is 65.9 Å². The van der Waals surface area contributed by atoms with Crippen LogP contribution < -0.4 is 21.0 Å². The third kappa shape index (κ3) is 6.93. The Bertz CT molecular complexity index is 1120. The van der Waals surface area contributed by atoms with Crippen molar-refractivity contribution < 1.29 is 9.13 Å². The molecule has 1 fully saturated rings. The summed E-state index contributed by atoms with van der Waals surface area (Å²) in [5.74, 6) is 0.467. The molecule has 1 aliphatic rings. The first kappa shape index (κ1) is 24.5. The largest absolute Gasteiger partial charge is 0.378 e. The van der Waals surface area contributed by atoms with E-state index < -0.39 is 5.82 Å². The average molecular weight is 479 g/mol. The van der Waals surface area contributed by atoms with Crippen LogP contribution in [0.4, 0.5) is 27.5 Å². The molecule has 1 aromatic carbocycles. The summed E-state index contributed by atoms with van der Waals surface area (Å²) in [6.07, 6.45) is 5.55. The van der Waals surface area contributed by atoms with Gasteiger partial charge in [0.15, 0.2) is 11.6 Å². The summed E-state index contributed by atoms with van der Waals surface area (Å²) in [6, 6.07) is 12.2. The summed E-state index contributed by atoms with van der Waals surface area (Å²) in [5, 5.41) is 10.7. The number of hydrazone groups is 1. The number of rotatable bonds is 10. The van der Waals surface area contributed by atoms with Crippen LogP contribution in [0.5, 0.6) is 0 Å². The van der Waals surface area contributed by atoms with Crippen molar-refractivity contribution in [2.24, 2.45) is 5.10 Å². The first-order valence-electron chi connectivity index (χ1n) is 11.7. The lowest BCUT2D eigenvalue weighted by atomic mass is 9.97. The van der Waals surface area contributed by atoms with E-state index in [0.717, 1.165) is 30.5 Å². The summed E-state index contributed by atoms with van der Waals surface area (Å²) >= 11 is 0. The van der Waals surface area contributed by atoms with Gasteiger partial charge in [0.25, 0.3) is 0 Å². The first-order chi connectivity index (χ1) is 17.1. The predicted octanol–water partition coefficient (Wildman–Crippen LogP) is 3.75. The lowest BCUT2D eigenvalue weighted by Crippen LogP contribution is -2.37. The van der Waals surface area contributed by atoms with Gasteiger partial charge in [-0.1, -0.05) is 19.1 Å². The normalized spacial score (nSPS) is 14.8. The molecule has 3 N–H and O–H groups in total. The smallest absolute Gasteiger partial charge is 0.245 e. The minimum absolute atomic E-state index is 0.214. The van der Waals surface area contributed by atoms with Crippen molar-refractivity contribution in [2.45, 2.75) is 19.3 Å². The van der Waals surface area contributed by atoms with E-state index >= 15 is 0 Å². The molecule has 4 rings (SSSR count). The quantitative estimate of drug-likeness (QED) is 0.299. The highest BCUT2D eigenvalue weighted by Gasteiger charge is 2.17. The fraction of sp³-hybridized carbons (Fsp3) is 0.360. The summed E-state index contributed by atoms with van der Waals surface area (Å²) in [6.45, 7) is 5.48. The van der Waals surface area contributed by atoms with Gasteiger partial charge in [0.05, 0.1) is 43.2 Å². The standard InChI is InChI=1S/C25H31FN8O/c1-18(8-9-27-2)19-4-3-5-20(14-19)31-22-7-6-21(28-15-22)16-30-33-25-29-17-23(26)24(32-25)34-10-12-35-13-11-34/h3-7,14-18,27,31H,8-13H2,1-2H3,(H,29,32,33)/b30-16+. The number of hydrogen-bond donors (Lipinski definition) is 3. The Morgan fingerprint density at radius 3 is 2.77 bits per heavy atom. The van der Waals surface area contributed by atoms with Crippen LogP contribution in [0, 0.1) is 5.82 Å². The molecule has 1 saturated heterocycles. The minimum atomic E-state index is -0.468. The van der Waals surface area contributed by atoms with Crippen LogP contribution in [0.3, 0.4) is 0 Å². The van der Waals surface area contributed by atoms with Crippen molar-refractivity contribution in [1.82, 2.24) is 20.3 Å². The highest BCUT2D eigenvalue weighted by molar-refractivity contribution is 5.78. The molecule has 0 bridgehead atoms. The molecular weight excluding hydrogens is 447 g/mol. The van der Waals surface area contributed by atoms with Gasteiger partial charge < -0.3 is 20.3 Å². The van der Waals surface area contributed by atoms with Gasteiger partial charge in [-0.2, -0.15) is 10.1 Å². The molecule has 1 unspecified atom stereocenters.